The number of halogens is 1. The van der Waals surface area contributed by atoms with Gasteiger partial charge in [0.2, 0.25) is 0 Å². The molecule has 0 radical (unpaired) electrons. The fraction of sp³-hybridized carbons (Fsp3) is 0.429. The molecule has 0 saturated carbocycles. The molecule has 1 aromatic heterocycles. The Balaban J connectivity index is 1.74. The van der Waals surface area contributed by atoms with Gasteiger partial charge in [-0.1, -0.05) is 15.9 Å². The summed E-state index contributed by atoms with van der Waals surface area (Å²) in [6.45, 7) is 5.45. The predicted molar refractivity (Wildman–Crippen MR) is 76.7 cm³/mol. The monoisotopic (exact) mass is 308 g/mol. The molecule has 0 spiro atoms. The lowest BCUT2D eigenvalue weighted by Crippen LogP contribution is -2.43. The summed E-state index contributed by atoms with van der Waals surface area (Å²) < 4.78 is 6.96. The van der Waals surface area contributed by atoms with Crippen molar-refractivity contribution in [1.29, 1.82) is 0 Å². The molecule has 96 valence electrons. The second kappa shape index (κ2) is 5.03. The minimum absolute atomic E-state index is 0.917. The number of hydrogen-bond donors (Lipinski definition) is 0. The number of benzene rings is 1. The molecule has 3 rings (SSSR count). The first-order valence-electron chi connectivity index (χ1n) is 6.29. The van der Waals surface area contributed by atoms with Gasteiger partial charge in [0.15, 0.2) is 0 Å². The molecule has 0 bridgehead atoms. The van der Waals surface area contributed by atoms with Gasteiger partial charge in [-0.05, 0) is 31.3 Å². The highest BCUT2D eigenvalue weighted by molar-refractivity contribution is 9.10. The Labute approximate surface area is 115 Å². The van der Waals surface area contributed by atoms with Crippen LogP contribution in [0.4, 0.5) is 0 Å². The van der Waals surface area contributed by atoms with Crippen molar-refractivity contribution in [2.75, 3.05) is 33.2 Å². The van der Waals surface area contributed by atoms with Gasteiger partial charge < -0.3 is 9.32 Å². The molecule has 18 heavy (non-hydrogen) atoms. The standard InChI is InChI=1S/C14H17BrN2O/c1-16-4-6-17(7-5-16)10-13-8-11-2-3-12(15)9-14(11)18-13/h2-3,8-9H,4-7,10H2,1H3. The third-order valence-electron chi connectivity index (χ3n) is 3.51. The first-order chi connectivity index (χ1) is 8.70. The van der Waals surface area contributed by atoms with Crippen LogP contribution in [-0.4, -0.2) is 43.0 Å². The van der Waals surface area contributed by atoms with Crippen molar-refractivity contribution in [1.82, 2.24) is 9.80 Å². The van der Waals surface area contributed by atoms with E-state index in [1.54, 1.807) is 0 Å². The van der Waals surface area contributed by atoms with Gasteiger partial charge in [0.1, 0.15) is 11.3 Å². The topological polar surface area (TPSA) is 19.6 Å². The summed E-state index contributed by atoms with van der Waals surface area (Å²) >= 11 is 3.47. The Kier molecular flexibility index (Phi) is 3.41. The summed E-state index contributed by atoms with van der Waals surface area (Å²) in [7, 11) is 2.18. The molecule has 1 aliphatic heterocycles. The number of fused-ring (bicyclic) bond motifs is 1. The van der Waals surface area contributed by atoms with Gasteiger partial charge >= 0.3 is 0 Å². The van der Waals surface area contributed by atoms with Crippen LogP contribution in [-0.2, 0) is 6.54 Å². The fourth-order valence-corrected chi connectivity index (χ4v) is 2.70. The lowest BCUT2D eigenvalue weighted by molar-refractivity contribution is 0.141. The summed E-state index contributed by atoms with van der Waals surface area (Å²) in [6, 6.07) is 8.33. The summed E-state index contributed by atoms with van der Waals surface area (Å²) in [5.41, 5.74) is 0.966. The molecule has 4 heteroatoms. The quantitative estimate of drug-likeness (QED) is 0.850. The number of likely N-dealkylation sites (N-methyl/N-ethyl adjacent to an activating group) is 1. The Morgan fingerprint density at radius 2 is 1.94 bits per heavy atom. The number of hydrogen-bond acceptors (Lipinski definition) is 3. The maximum Gasteiger partial charge on any atom is 0.135 e. The molecule has 0 unspecified atom stereocenters. The highest BCUT2D eigenvalue weighted by atomic mass is 79.9. The van der Waals surface area contributed by atoms with Crippen molar-refractivity contribution < 1.29 is 4.42 Å². The van der Waals surface area contributed by atoms with E-state index in [0.29, 0.717) is 0 Å². The highest BCUT2D eigenvalue weighted by Gasteiger charge is 2.15. The van der Waals surface area contributed by atoms with Gasteiger partial charge in [-0.3, -0.25) is 4.90 Å². The average Bonchev–Trinajstić information content (AvgIpc) is 2.73. The molecule has 1 aromatic carbocycles. The Morgan fingerprint density at radius 3 is 2.72 bits per heavy atom. The minimum Gasteiger partial charge on any atom is -0.460 e. The largest absolute Gasteiger partial charge is 0.460 e. The minimum atomic E-state index is 0.917. The molecule has 0 N–H and O–H groups in total. The Hall–Kier alpha value is -0.840. The zero-order chi connectivity index (χ0) is 12.5. The van der Waals surface area contributed by atoms with E-state index in [0.717, 1.165) is 48.5 Å². The van der Waals surface area contributed by atoms with Crippen molar-refractivity contribution in [2.24, 2.45) is 0 Å². The third-order valence-corrected chi connectivity index (χ3v) is 4.00. The summed E-state index contributed by atoms with van der Waals surface area (Å²) in [5.74, 6) is 1.06. The fourth-order valence-electron chi connectivity index (χ4n) is 2.36. The van der Waals surface area contributed by atoms with Gasteiger partial charge in [0.05, 0.1) is 6.54 Å². The lowest BCUT2D eigenvalue weighted by Gasteiger charge is -2.31. The first-order valence-corrected chi connectivity index (χ1v) is 7.09. The second-order valence-electron chi connectivity index (χ2n) is 4.97. The SMILES string of the molecule is CN1CCN(Cc2cc3ccc(Br)cc3o2)CC1. The van der Waals surface area contributed by atoms with E-state index in [9.17, 15) is 0 Å². The van der Waals surface area contributed by atoms with Crippen LogP contribution >= 0.6 is 15.9 Å². The van der Waals surface area contributed by atoms with Gasteiger partial charge in [-0.25, -0.2) is 0 Å². The van der Waals surface area contributed by atoms with Crippen LogP contribution in [0.5, 0.6) is 0 Å². The van der Waals surface area contributed by atoms with Crippen molar-refractivity contribution in [3.05, 3.63) is 34.5 Å². The van der Waals surface area contributed by atoms with Gasteiger partial charge in [0.25, 0.3) is 0 Å². The molecule has 2 aromatic rings. The van der Waals surface area contributed by atoms with Crippen molar-refractivity contribution in [2.45, 2.75) is 6.54 Å². The Morgan fingerprint density at radius 1 is 1.17 bits per heavy atom. The molecule has 0 aliphatic carbocycles. The number of nitrogens with zero attached hydrogens (tertiary/aromatic N) is 2. The van der Waals surface area contributed by atoms with Crippen LogP contribution in [0.1, 0.15) is 5.76 Å². The molecule has 1 fully saturated rings. The molecule has 1 saturated heterocycles. The summed E-state index contributed by atoms with van der Waals surface area (Å²) in [5, 5.41) is 1.18. The smallest absolute Gasteiger partial charge is 0.135 e. The molecule has 1 aliphatic rings. The Bertz CT molecular complexity index is 544. The van der Waals surface area contributed by atoms with E-state index in [1.165, 1.54) is 5.39 Å². The summed E-state index contributed by atoms with van der Waals surface area (Å²) in [6.07, 6.45) is 0. The van der Waals surface area contributed by atoms with E-state index in [4.69, 9.17) is 4.42 Å². The van der Waals surface area contributed by atoms with E-state index < -0.39 is 0 Å². The predicted octanol–water partition coefficient (Wildman–Crippen LogP) is 2.94. The van der Waals surface area contributed by atoms with E-state index in [-0.39, 0.29) is 0 Å². The van der Waals surface area contributed by atoms with Crippen molar-refractivity contribution in [3.8, 4) is 0 Å². The van der Waals surface area contributed by atoms with Crippen molar-refractivity contribution in [3.63, 3.8) is 0 Å². The molecule has 2 heterocycles. The zero-order valence-corrected chi connectivity index (χ0v) is 12.1. The van der Waals surface area contributed by atoms with Crippen LogP contribution in [0.3, 0.4) is 0 Å². The zero-order valence-electron chi connectivity index (χ0n) is 10.5. The second-order valence-corrected chi connectivity index (χ2v) is 5.89. The van der Waals surface area contributed by atoms with Crippen LogP contribution in [0.15, 0.2) is 33.2 Å². The maximum atomic E-state index is 5.89. The number of rotatable bonds is 2. The number of piperazine rings is 1. The molecular weight excluding hydrogens is 292 g/mol. The summed E-state index contributed by atoms with van der Waals surface area (Å²) in [4.78, 5) is 4.82. The maximum absolute atomic E-state index is 5.89. The van der Waals surface area contributed by atoms with Crippen LogP contribution in [0.2, 0.25) is 0 Å². The molecule has 3 nitrogen and oxygen atoms in total. The number of furan rings is 1. The van der Waals surface area contributed by atoms with Crippen molar-refractivity contribution >= 4 is 26.9 Å². The first kappa shape index (κ1) is 12.2. The van der Waals surface area contributed by atoms with Crippen LogP contribution in [0, 0.1) is 0 Å². The average molecular weight is 309 g/mol. The van der Waals surface area contributed by atoms with Crippen LogP contribution in [0.25, 0.3) is 11.0 Å². The normalized spacial score (nSPS) is 18.6. The van der Waals surface area contributed by atoms with Crippen LogP contribution < -0.4 is 0 Å². The van der Waals surface area contributed by atoms with Gasteiger partial charge in [-0.15, -0.1) is 0 Å². The molecule has 0 atom stereocenters. The molecular formula is C14H17BrN2O. The van der Waals surface area contributed by atoms with E-state index in [1.807, 2.05) is 6.07 Å². The third kappa shape index (κ3) is 2.60. The van der Waals surface area contributed by atoms with Gasteiger partial charge in [0, 0.05) is 36.0 Å². The van der Waals surface area contributed by atoms with E-state index in [2.05, 4.69) is 51.0 Å². The van der Waals surface area contributed by atoms with E-state index >= 15 is 0 Å². The highest BCUT2D eigenvalue weighted by Crippen LogP contribution is 2.24. The molecule has 0 amide bonds. The van der Waals surface area contributed by atoms with Gasteiger partial charge in [-0.2, -0.15) is 0 Å². The lowest BCUT2D eigenvalue weighted by atomic mass is 10.2.